The predicted octanol–water partition coefficient (Wildman–Crippen LogP) is 3.50. The molecule has 1 aliphatic carbocycles. The molecular formula is C21H37IN4O2S. The van der Waals surface area contributed by atoms with Gasteiger partial charge in [-0.05, 0) is 43.9 Å². The lowest BCUT2D eigenvalue weighted by molar-refractivity contribution is 0.211. The average Bonchev–Trinajstić information content (AvgIpc) is 2.73. The van der Waals surface area contributed by atoms with Crippen molar-refractivity contribution >= 4 is 46.4 Å². The summed E-state index contributed by atoms with van der Waals surface area (Å²) in [4.78, 5) is 4.75. The summed E-state index contributed by atoms with van der Waals surface area (Å²) < 4.78 is 17.2. The van der Waals surface area contributed by atoms with Crippen LogP contribution in [0, 0.1) is 0 Å². The minimum atomic E-state index is -0.706. The van der Waals surface area contributed by atoms with E-state index in [2.05, 4.69) is 47.1 Å². The molecule has 0 spiro atoms. The number of anilines is 1. The molecule has 1 saturated carbocycles. The van der Waals surface area contributed by atoms with Gasteiger partial charge in [0, 0.05) is 53.7 Å². The Morgan fingerprint density at radius 1 is 1.24 bits per heavy atom. The quantitative estimate of drug-likeness (QED) is 0.185. The number of hydrogen-bond acceptors (Lipinski definition) is 4. The van der Waals surface area contributed by atoms with Crippen molar-refractivity contribution in [2.45, 2.75) is 57.4 Å². The molecule has 3 unspecified atom stereocenters. The average molecular weight is 537 g/mol. The zero-order chi connectivity index (χ0) is 20.2. The number of methoxy groups -OCH3 is 1. The van der Waals surface area contributed by atoms with Gasteiger partial charge in [0.25, 0.3) is 0 Å². The van der Waals surface area contributed by atoms with Crippen LogP contribution < -0.4 is 16.0 Å². The highest BCUT2D eigenvalue weighted by Gasteiger charge is 2.25. The van der Waals surface area contributed by atoms with Gasteiger partial charge < -0.3 is 20.7 Å². The third kappa shape index (κ3) is 9.65. The lowest BCUT2D eigenvalue weighted by Gasteiger charge is -2.30. The van der Waals surface area contributed by atoms with Gasteiger partial charge in [-0.25, -0.2) is 4.99 Å². The highest BCUT2D eigenvalue weighted by Crippen LogP contribution is 2.23. The Hall–Kier alpha value is -0.870. The maximum Gasteiger partial charge on any atom is 0.191 e. The molecule has 0 radical (unpaired) electrons. The molecule has 29 heavy (non-hydrogen) atoms. The van der Waals surface area contributed by atoms with Crippen molar-refractivity contribution < 1.29 is 8.95 Å². The molecule has 3 atom stereocenters. The minimum absolute atomic E-state index is 0. The summed E-state index contributed by atoms with van der Waals surface area (Å²) in [5, 5.41) is 10.5. The summed E-state index contributed by atoms with van der Waals surface area (Å²) in [5.74, 6) is 1.60. The van der Waals surface area contributed by atoms with E-state index in [0.29, 0.717) is 24.4 Å². The number of aliphatic imine (C=N–C) groups is 1. The number of ether oxygens (including phenoxy) is 1. The van der Waals surface area contributed by atoms with Gasteiger partial charge in [-0.2, -0.15) is 0 Å². The van der Waals surface area contributed by atoms with Crippen LogP contribution in [0.1, 0.15) is 45.1 Å². The number of guanidine groups is 1. The lowest BCUT2D eigenvalue weighted by Crippen LogP contribution is -2.46. The van der Waals surface area contributed by atoms with Gasteiger partial charge in [0.1, 0.15) is 0 Å². The Morgan fingerprint density at radius 2 is 2.00 bits per heavy atom. The molecule has 8 heteroatoms. The Morgan fingerprint density at radius 3 is 2.66 bits per heavy atom. The third-order valence-corrected chi connectivity index (χ3v) is 6.72. The molecule has 6 nitrogen and oxygen atoms in total. The summed E-state index contributed by atoms with van der Waals surface area (Å²) >= 11 is 0. The molecule has 0 saturated heterocycles. The maximum absolute atomic E-state index is 12.2. The fourth-order valence-corrected chi connectivity index (χ4v) is 4.81. The summed E-state index contributed by atoms with van der Waals surface area (Å²) in [6.07, 6.45) is 4.29. The number of halogens is 1. The van der Waals surface area contributed by atoms with Crippen molar-refractivity contribution in [1.82, 2.24) is 10.6 Å². The molecule has 0 amide bonds. The van der Waals surface area contributed by atoms with E-state index in [-0.39, 0.29) is 24.0 Å². The summed E-state index contributed by atoms with van der Waals surface area (Å²) in [7, 11) is 0.998. The van der Waals surface area contributed by atoms with Crippen LogP contribution in [-0.4, -0.2) is 54.0 Å². The third-order valence-electron chi connectivity index (χ3n) is 4.98. The second kappa shape index (κ2) is 15.0. The predicted molar refractivity (Wildman–Crippen MR) is 135 cm³/mol. The van der Waals surface area contributed by atoms with Crippen molar-refractivity contribution in [1.29, 1.82) is 0 Å². The largest absolute Gasteiger partial charge is 0.383 e. The van der Waals surface area contributed by atoms with Crippen LogP contribution in [-0.2, 0) is 22.1 Å². The Balaban J connectivity index is 0.00000420. The van der Waals surface area contributed by atoms with Crippen LogP contribution in [0.5, 0.6) is 0 Å². The molecule has 1 fully saturated rings. The summed E-state index contributed by atoms with van der Waals surface area (Å²) in [5.41, 5.74) is 2.26. The fraction of sp³-hybridized carbons (Fsp3) is 0.667. The van der Waals surface area contributed by atoms with E-state index in [4.69, 9.17) is 9.73 Å². The maximum atomic E-state index is 12.2. The second-order valence-corrected chi connectivity index (χ2v) is 9.12. The fourth-order valence-electron chi connectivity index (χ4n) is 3.46. The zero-order valence-corrected chi connectivity index (χ0v) is 21.1. The first-order valence-electron chi connectivity index (χ1n) is 10.4. The molecule has 166 valence electrons. The van der Waals surface area contributed by atoms with Crippen molar-refractivity contribution in [3.63, 3.8) is 0 Å². The lowest BCUT2D eigenvalue weighted by atomic mass is 9.95. The van der Waals surface area contributed by atoms with E-state index in [1.165, 1.54) is 5.56 Å². The number of nitrogens with one attached hydrogen (secondary N) is 3. The Kier molecular flexibility index (Phi) is 13.5. The monoisotopic (exact) mass is 536 g/mol. The summed E-state index contributed by atoms with van der Waals surface area (Å²) in [6.45, 7) is 7.03. The van der Waals surface area contributed by atoms with Crippen LogP contribution in [0.3, 0.4) is 0 Å². The van der Waals surface area contributed by atoms with Crippen LogP contribution >= 0.6 is 24.0 Å². The highest BCUT2D eigenvalue weighted by molar-refractivity contribution is 14.0. The molecule has 3 N–H and O–H groups in total. The molecule has 0 bridgehead atoms. The van der Waals surface area contributed by atoms with E-state index in [9.17, 15) is 4.21 Å². The van der Waals surface area contributed by atoms with Gasteiger partial charge >= 0.3 is 0 Å². The molecule has 2 rings (SSSR count). The van der Waals surface area contributed by atoms with Gasteiger partial charge in [0.05, 0.1) is 13.2 Å². The standard InChI is InChI=1S/C21H36N4O2S.HI/c1-4-22-21(25-19-7-6-8-20(15-19)28(26)5-2)24-16-17-9-11-18(12-10-17)23-13-14-27-3;/h9-12,19-20,23H,4-8,13-16H2,1-3H3,(H2,22,24,25);1H. The smallest absolute Gasteiger partial charge is 0.191 e. The van der Waals surface area contributed by atoms with Gasteiger partial charge in [-0.1, -0.05) is 25.5 Å². The van der Waals surface area contributed by atoms with Crippen LogP contribution in [0.2, 0.25) is 0 Å². The Labute approximate surface area is 195 Å². The van der Waals surface area contributed by atoms with Gasteiger partial charge in [0.15, 0.2) is 5.96 Å². The van der Waals surface area contributed by atoms with Crippen molar-refractivity contribution in [3.8, 4) is 0 Å². The van der Waals surface area contributed by atoms with Crippen molar-refractivity contribution in [3.05, 3.63) is 29.8 Å². The zero-order valence-electron chi connectivity index (χ0n) is 17.9. The molecule has 1 aliphatic rings. The van der Waals surface area contributed by atoms with E-state index in [0.717, 1.165) is 56.2 Å². The first kappa shape index (κ1) is 26.2. The van der Waals surface area contributed by atoms with E-state index < -0.39 is 10.8 Å². The van der Waals surface area contributed by atoms with Gasteiger partial charge in [-0.15, -0.1) is 24.0 Å². The molecule has 1 aromatic rings. The van der Waals surface area contributed by atoms with E-state index in [1.807, 2.05) is 6.92 Å². The van der Waals surface area contributed by atoms with E-state index in [1.54, 1.807) is 7.11 Å². The Bertz CT molecular complexity index is 628. The topological polar surface area (TPSA) is 74.8 Å². The first-order valence-corrected chi connectivity index (χ1v) is 11.8. The first-order chi connectivity index (χ1) is 13.7. The highest BCUT2D eigenvalue weighted by atomic mass is 127. The molecular weight excluding hydrogens is 499 g/mol. The normalized spacial score (nSPS) is 20.4. The van der Waals surface area contributed by atoms with Gasteiger partial charge in [0.2, 0.25) is 0 Å². The second-order valence-electron chi connectivity index (χ2n) is 7.11. The minimum Gasteiger partial charge on any atom is -0.383 e. The van der Waals surface area contributed by atoms with Crippen LogP contribution in [0.4, 0.5) is 5.69 Å². The number of nitrogens with zero attached hydrogens (tertiary/aromatic N) is 1. The van der Waals surface area contributed by atoms with Crippen LogP contribution in [0.15, 0.2) is 29.3 Å². The SMILES string of the molecule is CCNC(=NCc1ccc(NCCOC)cc1)NC1CCCC(S(=O)CC)C1.I. The van der Waals surface area contributed by atoms with Crippen LogP contribution in [0.25, 0.3) is 0 Å². The molecule has 0 heterocycles. The molecule has 1 aromatic carbocycles. The number of benzene rings is 1. The molecule has 0 aromatic heterocycles. The number of hydrogen-bond donors (Lipinski definition) is 3. The van der Waals surface area contributed by atoms with E-state index >= 15 is 0 Å². The summed E-state index contributed by atoms with van der Waals surface area (Å²) in [6, 6.07) is 8.70. The number of rotatable bonds is 10. The van der Waals surface area contributed by atoms with Gasteiger partial charge in [-0.3, -0.25) is 4.21 Å². The van der Waals surface area contributed by atoms with Crippen molar-refractivity contribution in [2.75, 3.05) is 37.9 Å². The molecule has 0 aliphatic heterocycles. The van der Waals surface area contributed by atoms with Crippen molar-refractivity contribution in [2.24, 2.45) is 4.99 Å².